The molecule has 0 spiro atoms. The molecule has 0 atom stereocenters. The highest BCUT2D eigenvalue weighted by Gasteiger charge is 2.18. The van der Waals surface area contributed by atoms with Crippen molar-refractivity contribution in [3.63, 3.8) is 0 Å². The van der Waals surface area contributed by atoms with Crippen LogP contribution in [0.4, 0.5) is 0 Å². The van der Waals surface area contributed by atoms with E-state index in [2.05, 4.69) is 4.98 Å². The average Bonchev–Trinajstić information content (AvgIpc) is 2.93. The maximum absolute atomic E-state index is 12.9. The van der Waals surface area contributed by atoms with Gasteiger partial charge in [-0.1, -0.05) is 35.5 Å². The number of thioether (sulfide) groups is 1. The lowest BCUT2D eigenvalue weighted by molar-refractivity contribution is 0.322. The fraction of sp³-hybridized carbons (Fsp3) is 0.312. The molecule has 0 aliphatic carbocycles. The Labute approximate surface area is 152 Å². The summed E-state index contributed by atoms with van der Waals surface area (Å²) in [4.78, 5) is 29.9. The highest BCUT2D eigenvalue weighted by atomic mass is 35.5. The van der Waals surface area contributed by atoms with E-state index in [9.17, 15) is 9.59 Å². The van der Waals surface area contributed by atoms with Crippen LogP contribution in [0.5, 0.6) is 0 Å². The largest absolute Gasteiger partial charge is 0.396 e. The molecule has 0 unspecified atom stereocenters. The number of imidazole rings is 1. The minimum Gasteiger partial charge on any atom is -0.396 e. The third-order valence-corrected chi connectivity index (χ3v) is 5.16. The fourth-order valence-corrected chi connectivity index (χ4v) is 3.44. The molecule has 2 aromatic heterocycles. The lowest BCUT2D eigenvalue weighted by Crippen LogP contribution is -2.39. The molecule has 0 radical (unpaired) electrons. The molecule has 0 saturated carbocycles. The highest BCUT2D eigenvalue weighted by molar-refractivity contribution is 7.99. The van der Waals surface area contributed by atoms with Crippen LogP contribution < -0.4 is 11.2 Å². The lowest BCUT2D eigenvalue weighted by atomic mass is 10.2. The molecular weight excluding hydrogens is 364 g/mol. The van der Waals surface area contributed by atoms with Crippen molar-refractivity contribution in [1.82, 2.24) is 18.7 Å². The van der Waals surface area contributed by atoms with E-state index in [0.29, 0.717) is 27.1 Å². The van der Waals surface area contributed by atoms with E-state index in [-0.39, 0.29) is 18.7 Å². The number of rotatable bonds is 5. The average molecular weight is 381 g/mol. The molecule has 3 aromatic rings. The molecule has 2 heterocycles. The Morgan fingerprint density at radius 2 is 1.84 bits per heavy atom. The van der Waals surface area contributed by atoms with Crippen molar-refractivity contribution in [2.45, 2.75) is 11.7 Å². The summed E-state index contributed by atoms with van der Waals surface area (Å²) >= 11 is 7.21. The number of aromatic nitrogens is 4. The van der Waals surface area contributed by atoms with Gasteiger partial charge in [0.1, 0.15) is 0 Å². The Hall–Kier alpha value is -2.03. The first kappa shape index (κ1) is 17.8. The van der Waals surface area contributed by atoms with Gasteiger partial charge in [-0.3, -0.25) is 13.9 Å². The summed E-state index contributed by atoms with van der Waals surface area (Å²) < 4.78 is 4.22. The van der Waals surface area contributed by atoms with Crippen LogP contribution in [0.2, 0.25) is 5.02 Å². The molecule has 132 valence electrons. The Kier molecular flexibility index (Phi) is 5.03. The number of aryl methyl sites for hydroxylation is 2. The first-order chi connectivity index (χ1) is 11.9. The summed E-state index contributed by atoms with van der Waals surface area (Å²) in [6, 6.07) is 7.01. The SMILES string of the molecule is Cn1c(SCCO)nc2c1c(=O)n(Cc1ccc(Cl)cc1)c(=O)n2C. The Morgan fingerprint density at radius 1 is 1.16 bits per heavy atom. The third kappa shape index (κ3) is 3.24. The van der Waals surface area contributed by atoms with Crippen LogP contribution in [0.1, 0.15) is 5.56 Å². The van der Waals surface area contributed by atoms with Crippen LogP contribution in [0.3, 0.4) is 0 Å². The Morgan fingerprint density at radius 3 is 2.48 bits per heavy atom. The fourth-order valence-electron chi connectivity index (χ4n) is 2.60. The maximum atomic E-state index is 12.9. The van der Waals surface area contributed by atoms with Gasteiger partial charge in [0, 0.05) is 24.9 Å². The zero-order chi connectivity index (χ0) is 18.1. The number of benzene rings is 1. The zero-order valence-corrected chi connectivity index (χ0v) is 15.3. The normalized spacial score (nSPS) is 11.4. The quantitative estimate of drug-likeness (QED) is 0.673. The Balaban J connectivity index is 2.16. The van der Waals surface area contributed by atoms with Crippen LogP contribution >= 0.6 is 23.4 Å². The van der Waals surface area contributed by atoms with Crippen LogP contribution in [-0.4, -0.2) is 36.2 Å². The van der Waals surface area contributed by atoms with Gasteiger partial charge in [-0.2, -0.15) is 0 Å². The molecule has 1 aromatic carbocycles. The van der Waals surface area contributed by atoms with Crippen molar-refractivity contribution >= 4 is 34.5 Å². The van der Waals surface area contributed by atoms with E-state index < -0.39 is 5.69 Å². The molecule has 1 N–H and O–H groups in total. The number of aliphatic hydroxyl groups excluding tert-OH is 1. The third-order valence-electron chi connectivity index (χ3n) is 3.90. The van der Waals surface area contributed by atoms with Gasteiger partial charge >= 0.3 is 5.69 Å². The second-order valence-corrected chi connectivity index (χ2v) is 7.06. The topological polar surface area (TPSA) is 82.1 Å². The molecular formula is C16H17ClN4O3S. The molecule has 0 fully saturated rings. The van der Waals surface area contributed by atoms with E-state index in [1.54, 1.807) is 42.9 Å². The molecule has 0 bridgehead atoms. The number of halogens is 1. The van der Waals surface area contributed by atoms with Gasteiger partial charge in [0.2, 0.25) is 0 Å². The first-order valence-electron chi connectivity index (χ1n) is 7.58. The first-order valence-corrected chi connectivity index (χ1v) is 8.94. The second-order valence-electron chi connectivity index (χ2n) is 5.56. The predicted octanol–water partition coefficient (Wildman–Crippen LogP) is 1.22. The molecule has 0 aliphatic heterocycles. The molecule has 0 aliphatic rings. The van der Waals surface area contributed by atoms with Crippen LogP contribution in [-0.2, 0) is 20.6 Å². The molecule has 0 saturated heterocycles. The summed E-state index contributed by atoms with van der Waals surface area (Å²) in [7, 11) is 3.32. The summed E-state index contributed by atoms with van der Waals surface area (Å²) in [6.07, 6.45) is 0. The van der Waals surface area contributed by atoms with Gasteiger partial charge in [0.25, 0.3) is 5.56 Å². The smallest absolute Gasteiger partial charge is 0.332 e. The summed E-state index contributed by atoms with van der Waals surface area (Å²) in [5.41, 5.74) is 0.685. The van der Waals surface area contributed by atoms with Crippen LogP contribution in [0.25, 0.3) is 11.2 Å². The van der Waals surface area contributed by atoms with E-state index >= 15 is 0 Å². The summed E-state index contributed by atoms with van der Waals surface area (Å²) in [6.45, 7) is 0.163. The van der Waals surface area contributed by atoms with E-state index in [0.717, 1.165) is 5.56 Å². The molecule has 25 heavy (non-hydrogen) atoms. The van der Waals surface area contributed by atoms with Crippen LogP contribution in [0.15, 0.2) is 39.0 Å². The predicted molar refractivity (Wildman–Crippen MR) is 98.6 cm³/mol. The minimum absolute atomic E-state index is 0.00754. The number of aliphatic hydroxyl groups is 1. The van der Waals surface area contributed by atoms with Crippen LogP contribution in [0, 0.1) is 0 Å². The zero-order valence-electron chi connectivity index (χ0n) is 13.8. The monoisotopic (exact) mass is 380 g/mol. The van der Waals surface area contributed by atoms with E-state index in [4.69, 9.17) is 16.7 Å². The highest BCUT2D eigenvalue weighted by Crippen LogP contribution is 2.19. The van der Waals surface area contributed by atoms with Gasteiger partial charge in [-0.15, -0.1) is 0 Å². The van der Waals surface area contributed by atoms with Gasteiger partial charge in [0.15, 0.2) is 16.3 Å². The van der Waals surface area contributed by atoms with Gasteiger partial charge in [-0.25, -0.2) is 9.78 Å². The van der Waals surface area contributed by atoms with Crippen molar-refractivity contribution in [3.8, 4) is 0 Å². The number of hydrogen-bond donors (Lipinski definition) is 1. The van der Waals surface area contributed by atoms with Crippen molar-refractivity contribution in [2.75, 3.05) is 12.4 Å². The summed E-state index contributed by atoms with van der Waals surface area (Å²) in [5, 5.41) is 10.2. The van der Waals surface area contributed by atoms with Gasteiger partial charge < -0.3 is 9.67 Å². The number of fused-ring (bicyclic) bond motifs is 1. The van der Waals surface area contributed by atoms with Gasteiger partial charge in [-0.05, 0) is 17.7 Å². The molecule has 7 nitrogen and oxygen atoms in total. The van der Waals surface area contributed by atoms with Crippen molar-refractivity contribution in [1.29, 1.82) is 0 Å². The summed E-state index contributed by atoms with van der Waals surface area (Å²) in [5.74, 6) is 0.462. The Bertz CT molecular complexity index is 1040. The molecule has 3 rings (SSSR count). The lowest BCUT2D eigenvalue weighted by Gasteiger charge is -2.09. The molecule has 9 heteroatoms. The standard InChI is InChI=1S/C16H17ClN4O3S/c1-19-12-13(18-15(19)25-8-7-22)20(2)16(24)21(14(12)23)9-10-3-5-11(17)6-4-10/h3-6,22H,7-9H2,1-2H3. The second kappa shape index (κ2) is 7.07. The number of hydrogen-bond acceptors (Lipinski definition) is 5. The van der Waals surface area contributed by atoms with Gasteiger partial charge in [0.05, 0.1) is 13.2 Å². The maximum Gasteiger partial charge on any atom is 0.332 e. The number of nitrogens with zero attached hydrogens (tertiary/aromatic N) is 4. The minimum atomic E-state index is -0.427. The van der Waals surface area contributed by atoms with E-state index in [1.165, 1.54) is 20.9 Å². The van der Waals surface area contributed by atoms with Crippen molar-refractivity contribution < 1.29 is 5.11 Å². The van der Waals surface area contributed by atoms with Crippen molar-refractivity contribution in [2.24, 2.45) is 14.1 Å². The van der Waals surface area contributed by atoms with Crippen molar-refractivity contribution in [3.05, 3.63) is 55.7 Å². The molecule has 0 amide bonds. The van der Waals surface area contributed by atoms with E-state index in [1.807, 2.05) is 0 Å².